The Morgan fingerprint density at radius 2 is 0.943 bits per heavy atom. The summed E-state index contributed by atoms with van der Waals surface area (Å²) in [5.74, 6) is 2.09. The summed E-state index contributed by atoms with van der Waals surface area (Å²) in [4.78, 5) is 30.1. The highest BCUT2D eigenvalue weighted by molar-refractivity contribution is 7.10. The van der Waals surface area contributed by atoms with Crippen molar-refractivity contribution in [2.24, 2.45) is 0 Å². The molecule has 2 aromatic carbocycles. The summed E-state index contributed by atoms with van der Waals surface area (Å²) >= 11 is 1.83. The first kappa shape index (κ1) is 77.5. The van der Waals surface area contributed by atoms with Gasteiger partial charge in [0.1, 0.15) is 11.6 Å². The largest absolute Gasteiger partial charge is 0.469 e. The molecule has 0 spiro atoms. The maximum absolute atomic E-state index is 5.20. The molecule has 7 heterocycles. The number of fused-ring (bicyclic) bond motifs is 1. The van der Waals surface area contributed by atoms with Crippen molar-refractivity contribution in [3.8, 4) is 0 Å². The zero-order valence-electron chi connectivity index (χ0n) is 60.8. The molecule has 8 nitrogen and oxygen atoms in total. The molecule has 480 valence electrons. The standard InChI is InChI=1S/C15H24.C11H14N2.C11H17N.2C9H13N.C8H12N2.C8H12O.C8H12S/c1-9-10(2)12(4)14(15(6,7)8)13(5)11(9)3;1-11(2,3)10-12-8-6-4-5-7-9(8)13-10;1-8-6-10(11(3,4)5)7-12-9(8)2;1-9(2,3)8-5-4-6-10-7-8;1-9(2,3)8-6-4-5-7-10-8;1-8(2,3)7-6-9-4-5-10-7;2*1-8(2,3)7-5-4-6-9-7/h1-8H3;4-7H,1-3H3,(H,12,13);6-7H,1-5H3;2*4-7H,1-3H3;4-6H,1-3H3;2*4-6H,1-3H3. The molecule has 0 amide bonds. The van der Waals surface area contributed by atoms with Crippen molar-refractivity contribution in [1.29, 1.82) is 0 Å². The molecule has 0 atom stereocenters. The molecule has 0 bridgehead atoms. The lowest BCUT2D eigenvalue weighted by Gasteiger charge is -2.28. The summed E-state index contributed by atoms with van der Waals surface area (Å²) in [5, 5.41) is 2.13. The number of rotatable bonds is 0. The number of aromatic amines is 1. The van der Waals surface area contributed by atoms with Crippen molar-refractivity contribution >= 4 is 22.4 Å². The van der Waals surface area contributed by atoms with Gasteiger partial charge in [0.25, 0.3) is 0 Å². The number of hydrogen-bond donors (Lipinski definition) is 1. The molecule has 0 aliphatic heterocycles. The van der Waals surface area contributed by atoms with Gasteiger partial charge in [-0.05, 0) is 174 Å². The Bertz CT molecular complexity index is 3170. The lowest BCUT2D eigenvalue weighted by atomic mass is 9.77. The number of para-hydroxylation sites is 2. The predicted molar refractivity (Wildman–Crippen MR) is 383 cm³/mol. The number of nitrogens with zero attached hydrogens (tertiary/aromatic N) is 6. The number of benzene rings is 2. The third-order valence-electron chi connectivity index (χ3n) is 14.9. The average molecular weight is 1210 g/mol. The number of imidazole rings is 1. The molecule has 0 radical (unpaired) electrons. The molecular weight excluding hydrogens is 1090 g/mol. The molecule has 9 rings (SSSR count). The van der Waals surface area contributed by atoms with E-state index in [1.54, 1.807) is 31.1 Å². The van der Waals surface area contributed by atoms with Crippen molar-refractivity contribution in [3.63, 3.8) is 0 Å². The van der Waals surface area contributed by atoms with Crippen molar-refractivity contribution in [2.45, 2.75) is 258 Å². The number of pyridine rings is 3. The Hall–Kier alpha value is -6.58. The van der Waals surface area contributed by atoms with Crippen molar-refractivity contribution in [2.75, 3.05) is 0 Å². The van der Waals surface area contributed by atoms with Gasteiger partial charge in [-0.2, -0.15) is 0 Å². The number of hydrogen-bond acceptors (Lipinski definition) is 8. The van der Waals surface area contributed by atoms with Gasteiger partial charge >= 0.3 is 0 Å². The zero-order valence-corrected chi connectivity index (χ0v) is 61.6. The van der Waals surface area contributed by atoms with Gasteiger partial charge in [0.05, 0.1) is 23.0 Å². The first-order chi connectivity index (χ1) is 40.2. The highest BCUT2D eigenvalue weighted by atomic mass is 32.1. The van der Waals surface area contributed by atoms with E-state index < -0.39 is 0 Å². The Balaban J connectivity index is 0.000000345. The molecule has 7 aromatic heterocycles. The van der Waals surface area contributed by atoms with Gasteiger partial charge in [-0.15, -0.1) is 11.3 Å². The molecule has 0 fully saturated rings. The van der Waals surface area contributed by atoms with E-state index in [9.17, 15) is 0 Å². The second-order valence-corrected chi connectivity index (χ2v) is 32.2. The van der Waals surface area contributed by atoms with Gasteiger partial charge in [-0.3, -0.25) is 24.9 Å². The number of aryl methyl sites for hydroxylation is 2. The van der Waals surface area contributed by atoms with Gasteiger partial charge in [-0.25, -0.2) is 4.98 Å². The monoisotopic (exact) mass is 1210 g/mol. The molecule has 0 saturated heterocycles. The van der Waals surface area contributed by atoms with Crippen LogP contribution in [0.5, 0.6) is 0 Å². The van der Waals surface area contributed by atoms with Gasteiger partial charge in [0, 0.05) is 81.3 Å². The first-order valence-corrected chi connectivity index (χ1v) is 32.2. The van der Waals surface area contributed by atoms with E-state index in [2.05, 4.69) is 284 Å². The minimum atomic E-state index is 0.0962. The molecule has 0 unspecified atom stereocenters. The zero-order chi connectivity index (χ0) is 67.4. The SMILES string of the molecule is CC(C)(C)c1ccccn1.CC(C)(C)c1cccnc1.CC(C)(C)c1ccco1.CC(C)(C)c1cccs1.CC(C)(C)c1cnccn1.CC(C)(C)c1nc2ccccc2[nH]1.Cc1c(C)c(C)c(C(C)(C)C)c(C)c1C.Cc1cc(C(C)(C)C)cnc1C. The summed E-state index contributed by atoms with van der Waals surface area (Å²) in [6.07, 6.45) is 14.5. The van der Waals surface area contributed by atoms with Gasteiger partial charge in [-0.1, -0.05) is 203 Å². The van der Waals surface area contributed by atoms with Crippen molar-refractivity contribution < 1.29 is 4.42 Å². The molecule has 9 aromatic rings. The fourth-order valence-electron chi connectivity index (χ4n) is 8.70. The Morgan fingerprint density at radius 1 is 0.398 bits per heavy atom. The Labute approximate surface area is 540 Å². The first-order valence-electron chi connectivity index (χ1n) is 31.3. The fourth-order valence-corrected chi connectivity index (χ4v) is 9.51. The van der Waals surface area contributed by atoms with E-state index in [4.69, 9.17) is 4.42 Å². The van der Waals surface area contributed by atoms with Crippen LogP contribution in [0.1, 0.15) is 250 Å². The van der Waals surface area contributed by atoms with Crippen LogP contribution in [-0.4, -0.2) is 34.9 Å². The number of thiophene rings is 1. The van der Waals surface area contributed by atoms with Crippen LogP contribution in [-0.2, 0) is 43.3 Å². The number of H-pyrrole nitrogens is 1. The minimum Gasteiger partial charge on any atom is -0.469 e. The van der Waals surface area contributed by atoms with Crippen molar-refractivity contribution in [1.82, 2.24) is 34.9 Å². The maximum Gasteiger partial charge on any atom is 0.112 e. The number of nitrogens with one attached hydrogen (secondary N) is 1. The van der Waals surface area contributed by atoms with Crippen LogP contribution in [0.4, 0.5) is 0 Å². The Kier molecular flexibility index (Phi) is 28.9. The fraction of sp³-hybridized carbons (Fsp3) is 0.494. The normalized spacial score (nSPS) is 11.8. The maximum atomic E-state index is 5.20. The van der Waals surface area contributed by atoms with Gasteiger partial charge in [0.15, 0.2) is 0 Å². The number of furan rings is 1. The van der Waals surface area contributed by atoms with Gasteiger partial charge in [0.2, 0.25) is 0 Å². The van der Waals surface area contributed by atoms with Crippen LogP contribution in [0.2, 0.25) is 0 Å². The third kappa shape index (κ3) is 26.6. The topological polar surface area (TPSA) is 106 Å². The molecule has 88 heavy (non-hydrogen) atoms. The molecule has 0 aliphatic rings. The summed E-state index contributed by atoms with van der Waals surface area (Å²) in [7, 11) is 0. The lowest BCUT2D eigenvalue weighted by Crippen LogP contribution is -2.17. The molecule has 1 N–H and O–H groups in total. The average Bonchev–Trinajstić information content (AvgIpc) is 3.27. The van der Waals surface area contributed by atoms with E-state index in [-0.39, 0.29) is 37.9 Å². The smallest absolute Gasteiger partial charge is 0.112 e. The molecular formula is C79H117N7OS. The van der Waals surface area contributed by atoms with Gasteiger partial charge < -0.3 is 9.40 Å². The van der Waals surface area contributed by atoms with Crippen LogP contribution in [0.15, 0.2) is 144 Å². The highest BCUT2D eigenvalue weighted by Gasteiger charge is 2.23. The highest BCUT2D eigenvalue weighted by Crippen LogP contribution is 2.35. The summed E-state index contributed by atoms with van der Waals surface area (Å²) < 4.78 is 5.20. The van der Waals surface area contributed by atoms with E-state index >= 15 is 0 Å². The molecule has 9 heteroatoms. The number of aromatic nitrogens is 7. The summed E-state index contributed by atoms with van der Waals surface area (Å²) in [5.41, 5.74) is 19.8. The van der Waals surface area contributed by atoms with E-state index in [1.165, 1.54) is 54.9 Å². The van der Waals surface area contributed by atoms with Crippen LogP contribution < -0.4 is 0 Å². The quantitative estimate of drug-likeness (QED) is 0.161. The third-order valence-corrected chi connectivity index (χ3v) is 16.2. The minimum absolute atomic E-state index is 0.0962. The second kappa shape index (κ2) is 32.8. The Morgan fingerprint density at radius 3 is 1.28 bits per heavy atom. The van der Waals surface area contributed by atoms with Crippen LogP contribution in [0.3, 0.4) is 0 Å². The van der Waals surface area contributed by atoms with E-state index in [0.717, 1.165) is 39.7 Å². The summed E-state index contributed by atoms with van der Waals surface area (Å²) in [6.45, 7) is 67.9. The van der Waals surface area contributed by atoms with Crippen molar-refractivity contribution in [3.05, 3.63) is 224 Å². The molecule has 0 aliphatic carbocycles. The van der Waals surface area contributed by atoms with Crippen LogP contribution in [0, 0.1) is 48.5 Å². The molecule has 0 saturated carbocycles. The van der Waals surface area contributed by atoms with E-state index in [0.29, 0.717) is 5.41 Å². The van der Waals surface area contributed by atoms with E-state index in [1.807, 2.05) is 85.4 Å². The van der Waals surface area contributed by atoms with Crippen LogP contribution >= 0.6 is 11.3 Å². The lowest BCUT2D eigenvalue weighted by molar-refractivity contribution is 0.409. The predicted octanol–water partition coefficient (Wildman–Crippen LogP) is 22.5. The summed E-state index contributed by atoms with van der Waals surface area (Å²) in [6, 6.07) is 28.6. The second-order valence-electron chi connectivity index (χ2n) is 31.2. The van der Waals surface area contributed by atoms with Crippen LogP contribution in [0.25, 0.3) is 11.0 Å².